The molecule has 0 bridgehead atoms. The van der Waals surface area contributed by atoms with E-state index in [1.807, 2.05) is 62.4 Å². The summed E-state index contributed by atoms with van der Waals surface area (Å²) in [5.74, 6) is 0.742. The molecule has 0 atom stereocenters. The molecule has 7 heteroatoms. The van der Waals surface area contributed by atoms with Gasteiger partial charge in [0.15, 0.2) is 0 Å². The van der Waals surface area contributed by atoms with Crippen LogP contribution < -0.4 is 4.74 Å². The molecule has 0 saturated carbocycles. The van der Waals surface area contributed by atoms with Crippen LogP contribution in [0, 0.1) is 6.92 Å². The van der Waals surface area contributed by atoms with Gasteiger partial charge in [0.05, 0.1) is 6.61 Å². The van der Waals surface area contributed by atoms with Gasteiger partial charge in [-0.1, -0.05) is 17.7 Å². The predicted molar refractivity (Wildman–Crippen MR) is 122 cm³/mol. The van der Waals surface area contributed by atoms with Crippen LogP contribution in [0.25, 0.3) is 10.6 Å². The SMILES string of the molecule is CCOc1ccc(-c2nc(C(=O)N3CCN(C(=O)c4ccc(C)cc4)CC3)cs2)cc1. The van der Waals surface area contributed by atoms with Gasteiger partial charge in [-0.15, -0.1) is 11.3 Å². The van der Waals surface area contributed by atoms with Crippen LogP contribution in [0.2, 0.25) is 0 Å². The number of hydrogen-bond donors (Lipinski definition) is 0. The van der Waals surface area contributed by atoms with E-state index in [9.17, 15) is 9.59 Å². The minimum Gasteiger partial charge on any atom is -0.494 e. The third-order valence-electron chi connectivity index (χ3n) is 5.29. The first-order valence-electron chi connectivity index (χ1n) is 10.4. The summed E-state index contributed by atoms with van der Waals surface area (Å²) >= 11 is 1.45. The lowest BCUT2D eigenvalue weighted by Gasteiger charge is -2.34. The molecule has 0 spiro atoms. The molecule has 2 heterocycles. The van der Waals surface area contributed by atoms with Crippen LogP contribution in [0.4, 0.5) is 0 Å². The lowest BCUT2D eigenvalue weighted by molar-refractivity contribution is 0.0533. The highest BCUT2D eigenvalue weighted by Gasteiger charge is 2.26. The molecule has 0 N–H and O–H groups in total. The van der Waals surface area contributed by atoms with Crippen molar-refractivity contribution in [1.82, 2.24) is 14.8 Å². The van der Waals surface area contributed by atoms with E-state index in [0.717, 1.165) is 21.9 Å². The Kier molecular flexibility index (Phi) is 6.32. The molecule has 4 rings (SSSR count). The zero-order valence-corrected chi connectivity index (χ0v) is 18.5. The minimum atomic E-state index is -0.0872. The Bertz CT molecular complexity index is 1050. The molecule has 0 aliphatic carbocycles. The highest BCUT2D eigenvalue weighted by atomic mass is 32.1. The predicted octanol–water partition coefficient (Wildman–Crippen LogP) is 4.12. The third-order valence-corrected chi connectivity index (χ3v) is 6.18. The fraction of sp³-hybridized carbons (Fsp3) is 0.292. The maximum absolute atomic E-state index is 12.9. The number of hydrogen-bond acceptors (Lipinski definition) is 5. The van der Waals surface area contributed by atoms with Crippen molar-refractivity contribution in [1.29, 1.82) is 0 Å². The largest absolute Gasteiger partial charge is 0.494 e. The Morgan fingerprint density at radius 3 is 2.16 bits per heavy atom. The maximum Gasteiger partial charge on any atom is 0.273 e. The number of nitrogens with zero attached hydrogens (tertiary/aromatic N) is 3. The first kappa shape index (κ1) is 21.1. The van der Waals surface area contributed by atoms with Crippen LogP contribution in [-0.2, 0) is 0 Å². The summed E-state index contributed by atoms with van der Waals surface area (Å²) in [6, 6.07) is 15.3. The first-order valence-corrected chi connectivity index (χ1v) is 11.3. The highest BCUT2D eigenvalue weighted by Crippen LogP contribution is 2.26. The van der Waals surface area contributed by atoms with E-state index in [2.05, 4.69) is 4.98 Å². The number of aryl methyl sites for hydroxylation is 1. The molecule has 0 unspecified atom stereocenters. The topological polar surface area (TPSA) is 62.7 Å². The number of amides is 2. The van der Waals surface area contributed by atoms with Gasteiger partial charge in [0.2, 0.25) is 0 Å². The van der Waals surface area contributed by atoms with E-state index in [-0.39, 0.29) is 11.8 Å². The van der Waals surface area contributed by atoms with Crippen molar-refractivity contribution in [3.63, 3.8) is 0 Å². The van der Waals surface area contributed by atoms with Crippen LogP contribution in [0.15, 0.2) is 53.9 Å². The molecule has 6 nitrogen and oxygen atoms in total. The summed E-state index contributed by atoms with van der Waals surface area (Å²) in [6.07, 6.45) is 0. The van der Waals surface area contributed by atoms with Crippen molar-refractivity contribution in [2.24, 2.45) is 0 Å². The number of rotatable bonds is 5. The van der Waals surface area contributed by atoms with Crippen molar-refractivity contribution >= 4 is 23.2 Å². The van der Waals surface area contributed by atoms with Crippen LogP contribution in [0.5, 0.6) is 5.75 Å². The van der Waals surface area contributed by atoms with E-state index >= 15 is 0 Å². The molecule has 1 aliphatic heterocycles. The van der Waals surface area contributed by atoms with Crippen molar-refractivity contribution in [2.75, 3.05) is 32.8 Å². The van der Waals surface area contributed by atoms with Crippen molar-refractivity contribution in [3.05, 3.63) is 70.7 Å². The average molecular weight is 436 g/mol. The van der Waals surface area contributed by atoms with Gasteiger partial charge in [-0.25, -0.2) is 4.98 Å². The van der Waals surface area contributed by atoms with Crippen LogP contribution in [0.3, 0.4) is 0 Å². The summed E-state index contributed by atoms with van der Waals surface area (Å²) in [5, 5.41) is 2.61. The molecule has 1 saturated heterocycles. The van der Waals surface area contributed by atoms with Gasteiger partial charge in [-0.3, -0.25) is 9.59 Å². The smallest absolute Gasteiger partial charge is 0.273 e. The van der Waals surface area contributed by atoms with Gasteiger partial charge in [0.1, 0.15) is 16.5 Å². The van der Waals surface area contributed by atoms with Gasteiger partial charge >= 0.3 is 0 Å². The van der Waals surface area contributed by atoms with E-state index in [4.69, 9.17) is 4.74 Å². The number of benzene rings is 2. The summed E-state index contributed by atoms with van der Waals surface area (Å²) in [5.41, 5.74) is 3.22. The zero-order chi connectivity index (χ0) is 21.8. The standard InChI is InChI=1S/C24H25N3O3S/c1-3-30-20-10-8-18(9-11-20)22-25-21(16-31-22)24(29)27-14-12-26(13-15-27)23(28)19-6-4-17(2)5-7-19/h4-11,16H,3,12-15H2,1-2H3. The average Bonchev–Trinajstić information content (AvgIpc) is 3.30. The van der Waals surface area contributed by atoms with Crippen LogP contribution in [0.1, 0.15) is 33.3 Å². The van der Waals surface area contributed by atoms with Gasteiger partial charge in [0.25, 0.3) is 11.8 Å². The van der Waals surface area contributed by atoms with Crippen molar-refractivity contribution < 1.29 is 14.3 Å². The second-order valence-corrected chi connectivity index (χ2v) is 8.30. The summed E-state index contributed by atoms with van der Waals surface area (Å²) in [4.78, 5) is 33.7. The number of ether oxygens (including phenoxy) is 1. The number of piperazine rings is 1. The van der Waals surface area contributed by atoms with Crippen LogP contribution >= 0.6 is 11.3 Å². The van der Waals surface area contributed by atoms with Gasteiger partial charge in [-0.05, 0) is 50.2 Å². The van der Waals surface area contributed by atoms with Gasteiger partial charge in [0, 0.05) is 42.7 Å². The van der Waals surface area contributed by atoms with E-state index in [1.165, 1.54) is 11.3 Å². The molecule has 2 amide bonds. The summed E-state index contributed by atoms with van der Waals surface area (Å²) < 4.78 is 5.47. The van der Waals surface area contributed by atoms with Gasteiger partial charge < -0.3 is 14.5 Å². The quantitative estimate of drug-likeness (QED) is 0.605. The molecule has 160 valence electrons. The number of carbonyl (C=O) groups excluding carboxylic acids is 2. The first-order chi connectivity index (χ1) is 15.0. The lowest BCUT2D eigenvalue weighted by Crippen LogP contribution is -2.50. The second-order valence-electron chi connectivity index (χ2n) is 7.45. The molecule has 1 fully saturated rings. The third kappa shape index (κ3) is 4.77. The van der Waals surface area contributed by atoms with E-state index in [1.54, 1.807) is 15.2 Å². The number of aromatic nitrogens is 1. The maximum atomic E-state index is 12.9. The molecular weight excluding hydrogens is 410 g/mol. The Morgan fingerprint density at radius 1 is 0.935 bits per heavy atom. The highest BCUT2D eigenvalue weighted by molar-refractivity contribution is 7.13. The van der Waals surface area contributed by atoms with Gasteiger partial charge in [-0.2, -0.15) is 0 Å². The molecular formula is C24H25N3O3S. The molecule has 31 heavy (non-hydrogen) atoms. The Balaban J connectivity index is 1.36. The van der Waals surface area contributed by atoms with E-state index < -0.39 is 0 Å². The number of carbonyl (C=O) groups is 2. The Hall–Kier alpha value is -3.19. The molecule has 1 aliphatic rings. The summed E-state index contributed by atoms with van der Waals surface area (Å²) in [6.45, 7) is 6.63. The van der Waals surface area contributed by atoms with E-state index in [0.29, 0.717) is 44.0 Å². The van der Waals surface area contributed by atoms with Crippen molar-refractivity contribution in [2.45, 2.75) is 13.8 Å². The van der Waals surface area contributed by atoms with Crippen molar-refractivity contribution in [3.8, 4) is 16.3 Å². The van der Waals surface area contributed by atoms with Crippen LogP contribution in [-0.4, -0.2) is 59.4 Å². The Labute approximate surface area is 186 Å². The summed E-state index contributed by atoms with van der Waals surface area (Å²) in [7, 11) is 0. The molecule has 0 radical (unpaired) electrons. The fourth-order valence-electron chi connectivity index (χ4n) is 3.52. The molecule has 2 aromatic carbocycles. The number of thiazole rings is 1. The monoisotopic (exact) mass is 435 g/mol. The second kappa shape index (κ2) is 9.31. The molecule has 3 aromatic rings. The Morgan fingerprint density at radius 2 is 1.55 bits per heavy atom. The normalized spacial score (nSPS) is 13.9. The zero-order valence-electron chi connectivity index (χ0n) is 17.7. The lowest BCUT2D eigenvalue weighted by atomic mass is 10.1. The minimum absolute atomic E-state index is 0.0125. The fourth-order valence-corrected chi connectivity index (χ4v) is 4.32. The molecule has 1 aromatic heterocycles.